The number of imide groups is 1. The Hall–Kier alpha value is -4.75. The number of hydrogen-bond donors (Lipinski definition) is 0. The van der Waals surface area contributed by atoms with Gasteiger partial charge in [0.15, 0.2) is 0 Å². The van der Waals surface area contributed by atoms with Crippen LogP contribution in [0.25, 0.3) is 10.8 Å². The Kier molecular flexibility index (Phi) is 18.0. The zero-order valence-electron chi connectivity index (χ0n) is 33.1. The third kappa shape index (κ3) is 13.8. The Morgan fingerprint density at radius 2 is 1.40 bits per heavy atom. The maximum absolute atomic E-state index is 13.3. The third-order valence-electron chi connectivity index (χ3n) is 10.3. The van der Waals surface area contributed by atoms with Gasteiger partial charge in [-0.15, -0.1) is 0 Å². The van der Waals surface area contributed by atoms with Crippen LogP contribution in [0.1, 0.15) is 96.0 Å². The molecule has 0 radical (unpaired) electrons. The number of unbranched alkanes of at least 4 members (excludes halogenated alkanes) is 4. The zero-order valence-corrected chi connectivity index (χ0v) is 33.1. The molecule has 55 heavy (non-hydrogen) atoms. The number of rotatable bonds is 22. The van der Waals surface area contributed by atoms with Crippen LogP contribution in [-0.4, -0.2) is 61.0 Å². The first-order valence-corrected chi connectivity index (χ1v) is 20.8. The number of anilines is 2. The van der Waals surface area contributed by atoms with E-state index in [4.69, 9.17) is 4.74 Å². The largest absolute Gasteiger partial charge is 0.478 e. The SMILES string of the molecule is CCC=CCC=CCC=CCC=CCC=CCCCCCC(=O)N1C(=O)CCc2ccc(OCCCCN3CCN(c4cccc5ccccc45)CC3)nc21. The van der Waals surface area contributed by atoms with Crippen LogP contribution in [0.5, 0.6) is 5.88 Å². The van der Waals surface area contributed by atoms with E-state index in [1.807, 2.05) is 12.1 Å². The van der Waals surface area contributed by atoms with Gasteiger partial charge in [-0.2, -0.15) is 4.98 Å². The summed E-state index contributed by atoms with van der Waals surface area (Å²) in [5, 5.41) is 2.62. The quantitative estimate of drug-likeness (QED) is 0.0754. The molecule has 7 heteroatoms. The van der Waals surface area contributed by atoms with Gasteiger partial charge in [-0.1, -0.05) is 111 Å². The summed E-state index contributed by atoms with van der Waals surface area (Å²) in [6.45, 7) is 7.93. The maximum atomic E-state index is 13.3. The fraction of sp³-hybridized carbons (Fsp3) is 0.438. The number of carbonyl (C=O) groups is 2. The second-order valence-corrected chi connectivity index (χ2v) is 14.4. The predicted molar refractivity (Wildman–Crippen MR) is 230 cm³/mol. The molecule has 0 atom stereocenters. The van der Waals surface area contributed by atoms with Crippen molar-refractivity contribution in [3.63, 3.8) is 0 Å². The number of amides is 2. The third-order valence-corrected chi connectivity index (χ3v) is 10.3. The molecule has 2 aromatic carbocycles. The van der Waals surface area contributed by atoms with E-state index in [9.17, 15) is 9.59 Å². The number of benzene rings is 2. The van der Waals surface area contributed by atoms with Gasteiger partial charge in [-0.25, -0.2) is 4.90 Å². The Labute approximate surface area is 330 Å². The highest BCUT2D eigenvalue weighted by Gasteiger charge is 2.31. The standard InChI is InChI=1S/C48H62N4O3/c1-2-3-4-5-6-7-8-9-10-11-12-13-14-15-16-17-18-19-20-30-46(53)52-47(54)34-32-42-31-33-45(49-48(42)52)55-40-24-23-35-50-36-38-51(39-37-50)44-29-25-27-41-26-21-22-28-43(41)44/h3-4,6-7,9-10,12-13,15-16,21-22,25-29,31,33H,2,5,8,11,14,17-20,23-24,30,32,34-40H2,1H3. The molecular weight excluding hydrogens is 681 g/mol. The number of aromatic nitrogens is 1. The molecule has 0 spiro atoms. The van der Waals surface area contributed by atoms with Gasteiger partial charge in [0.25, 0.3) is 0 Å². The number of nitrogens with zero attached hydrogens (tertiary/aromatic N) is 4. The Balaban J connectivity index is 0.935. The van der Waals surface area contributed by atoms with Crippen molar-refractivity contribution < 1.29 is 14.3 Å². The molecule has 3 heterocycles. The minimum absolute atomic E-state index is 0.161. The number of pyridine rings is 1. The lowest BCUT2D eigenvalue weighted by Gasteiger charge is -2.36. The second kappa shape index (κ2) is 23.9. The van der Waals surface area contributed by atoms with Crippen LogP contribution in [0.15, 0.2) is 115 Å². The van der Waals surface area contributed by atoms with Gasteiger partial charge in [0, 0.05) is 56.2 Å². The minimum atomic E-state index is -0.165. The first kappa shape index (κ1) is 41.4. The Morgan fingerprint density at radius 3 is 2.15 bits per heavy atom. The molecule has 0 unspecified atom stereocenters. The monoisotopic (exact) mass is 742 g/mol. The lowest BCUT2D eigenvalue weighted by atomic mass is 10.0. The van der Waals surface area contributed by atoms with Crippen LogP contribution in [-0.2, 0) is 16.0 Å². The van der Waals surface area contributed by atoms with Gasteiger partial charge in [-0.05, 0) is 100 Å². The summed E-state index contributed by atoms with van der Waals surface area (Å²) in [6.07, 6.45) is 34.1. The van der Waals surface area contributed by atoms with Crippen molar-refractivity contribution >= 4 is 34.1 Å². The zero-order chi connectivity index (χ0) is 38.3. The molecule has 292 valence electrons. The van der Waals surface area contributed by atoms with E-state index in [1.54, 1.807) is 0 Å². The fourth-order valence-corrected chi connectivity index (χ4v) is 7.16. The number of carbonyl (C=O) groups excluding carboxylic acids is 2. The van der Waals surface area contributed by atoms with Gasteiger partial charge in [0.1, 0.15) is 5.82 Å². The minimum Gasteiger partial charge on any atom is -0.478 e. The topological polar surface area (TPSA) is 66.0 Å². The number of ether oxygens (including phenoxy) is 1. The van der Waals surface area contributed by atoms with Gasteiger partial charge < -0.3 is 9.64 Å². The van der Waals surface area contributed by atoms with Crippen molar-refractivity contribution in [1.29, 1.82) is 0 Å². The summed E-state index contributed by atoms with van der Waals surface area (Å²) in [5.41, 5.74) is 2.26. The van der Waals surface area contributed by atoms with E-state index in [1.165, 1.54) is 21.4 Å². The predicted octanol–water partition coefficient (Wildman–Crippen LogP) is 10.7. The first-order chi connectivity index (χ1) is 27.1. The molecule has 3 aromatic rings. The Morgan fingerprint density at radius 1 is 0.709 bits per heavy atom. The van der Waals surface area contributed by atoms with Crippen molar-refractivity contribution in [2.45, 2.75) is 96.8 Å². The van der Waals surface area contributed by atoms with E-state index in [0.717, 1.165) is 109 Å². The fourth-order valence-electron chi connectivity index (χ4n) is 7.16. The van der Waals surface area contributed by atoms with Crippen LogP contribution in [0.4, 0.5) is 11.5 Å². The summed E-state index contributed by atoms with van der Waals surface area (Å²) in [4.78, 5) is 37.2. The van der Waals surface area contributed by atoms with Gasteiger partial charge in [0.2, 0.25) is 17.7 Å². The van der Waals surface area contributed by atoms with Crippen molar-refractivity contribution in [1.82, 2.24) is 9.88 Å². The van der Waals surface area contributed by atoms with E-state index in [-0.39, 0.29) is 11.8 Å². The number of fused-ring (bicyclic) bond motifs is 2. The lowest BCUT2D eigenvalue weighted by Crippen LogP contribution is -2.46. The van der Waals surface area contributed by atoms with E-state index in [0.29, 0.717) is 37.6 Å². The molecule has 2 aliphatic rings. The first-order valence-electron chi connectivity index (χ1n) is 20.8. The lowest BCUT2D eigenvalue weighted by molar-refractivity contribution is -0.127. The number of aryl methyl sites for hydroxylation is 1. The molecule has 7 nitrogen and oxygen atoms in total. The highest BCUT2D eigenvalue weighted by molar-refractivity contribution is 6.15. The van der Waals surface area contributed by atoms with Gasteiger partial charge in [0.05, 0.1) is 6.61 Å². The van der Waals surface area contributed by atoms with Crippen molar-refractivity contribution in [3.8, 4) is 5.88 Å². The van der Waals surface area contributed by atoms with E-state index >= 15 is 0 Å². The van der Waals surface area contributed by atoms with Crippen LogP contribution in [0, 0.1) is 0 Å². The van der Waals surface area contributed by atoms with Crippen LogP contribution < -0.4 is 14.5 Å². The molecule has 0 saturated carbocycles. The van der Waals surface area contributed by atoms with Crippen LogP contribution in [0.3, 0.4) is 0 Å². The summed E-state index contributed by atoms with van der Waals surface area (Å²) in [5.74, 6) is 0.612. The maximum Gasteiger partial charge on any atom is 0.235 e. The van der Waals surface area contributed by atoms with E-state index < -0.39 is 0 Å². The highest BCUT2D eigenvalue weighted by Crippen LogP contribution is 2.30. The van der Waals surface area contributed by atoms with Crippen molar-refractivity contribution in [2.24, 2.45) is 0 Å². The molecular formula is C48H62N4O3. The summed E-state index contributed by atoms with van der Waals surface area (Å²) < 4.78 is 6.04. The van der Waals surface area contributed by atoms with Gasteiger partial charge in [-0.3, -0.25) is 14.5 Å². The van der Waals surface area contributed by atoms with Crippen LogP contribution in [0.2, 0.25) is 0 Å². The normalized spacial score (nSPS) is 15.5. The summed E-state index contributed by atoms with van der Waals surface area (Å²) >= 11 is 0. The van der Waals surface area contributed by atoms with Gasteiger partial charge >= 0.3 is 0 Å². The molecule has 0 N–H and O–H groups in total. The summed E-state index contributed by atoms with van der Waals surface area (Å²) in [7, 11) is 0. The van der Waals surface area contributed by atoms with E-state index in [2.05, 4.69) is 125 Å². The average Bonchev–Trinajstić information content (AvgIpc) is 3.21. The number of hydrogen-bond acceptors (Lipinski definition) is 6. The molecule has 1 aromatic heterocycles. The molecule has 5 rings (SSSR count). The van der Waals surface area contributed by atoms with Crippen LogP contribution >= 0.6 is 0 Å². The summed E-state index contributed by atoms with van der Waals surface area (Å²) in [6, 6.07) is 19.1. The highest BCUT2D eigenvalue weighted by atomic mass is 16.5. The van der Waals surface area contributed by atoms with Crippen molar-refractivity contribution in [2.75, 3.05) is 49.1 Å². The number of allylic oxidation sites excluding steroid dienone is 10. The smallest absolute Gasteiger partial charge is 0.235 e. The molecule has 0 bridgehead atoms. The average molecular weight is 743 g/mol. The second-order valence-electron chi connectivity index (χ2n) is 14.4. The molecule has 1 saturated heterocycles. The van der Waals surface area contributed by atoms with Crippen molar-refractivity contribution in [3.05, 3.63) is 121 Å². The molecule has 2 amide bonds. The molecule has 1 fully saturated rings. The Bertz CT molecular complexity index is 1780. The molecule has 2 aliphatic heterocycles. The molecule has 0 aliphatic carbocycles. The number of piperazine rings is 1.